The van der Waals surface area contributed by atoms with Gasteiger partial charge in [-0.1, -0.05) is 21.1 Å². The molecule has 0 aromatic heterocycles. The lowest BCUT2D eigenvalue weighted by molar-refractivity contribution is -0.137. The average molecular weight is 340 g/mol. The number of rotatable bonds is 5. The molecule has 0 spiro atoms. The number of hydrogen-bond donors (Lipinski definition) is 3. The van der Waals surface area contributed by atoms with Gasteiger partial charge in [0, 0.05) is 23.1 Å². The Morgan fingerprint density at radius 2 is 2.05 bits per heavy atom. The summed E-state index contributed by atoms with van der Waals surface area (Å²) in [6, 6.07) is 3.61. The van der Waals surface area contributed by atoms with Gasteiger partial charge in [0.15, 0.2) is 0 Å². The molecule has 0 radical (unpaired) electrons. The first-order chi connectivity index (χ1) is 8.82. The second kappa shape index (κ2) is 6.65. The van der Waals surface area contributed by atoms with Crippen LogP contribution in [-0.2, 0) is 6.18 Å². The van der Waals surface area contributed by atoms with Gasteiger partial charge >= 0.3 is 6.18 Å². The molecule has 0 heterocycles. The van der Waals surface area contributed by atoms with Crippen molar-refractivity contribution < 1.29 is 18.4 Å². The standard InChI is InChI=1S/C11H13BrF3N3O/c12-8-4-7(11(13,14)15)5-9(6-8)17-3-1-2-10(16)18-19/h4-6,17,19H,1-3H2,(H2,16,18). The predicted molar refractivity (Wildman–Crippen MR) is 70.3 cm³/mol. The normalized spacial score (nSPS) is 12.5. The molecular weight excluding hydrogens is 327 g/mol. The highest BCUT2D eigenvalue weighted by molar-refractivity contribution is 9.10. The van der Waals surface area contributed by atoms with E-state index in [4.69, 9.17) is 10.9 Å². The average Bonchev–Trinajstić information content (AvgIpc) is 2.32. The van der Waals surface area contributed by atoms with E-state index >= 15 is 0 Å². The summed E-state index contributed by atoms with van der Waals surface area (Å²) >= 11 is 3.04. The van der Waals surface area contributed by atoms with Gasteiger partial charge in [-0.05, 0) is 24.6 Å². The zero-order valence-corrected chi connectivity index (χ0v) is 11.4. The molecule has 0 aliphatic heterocycles. The fourth-order valence-corrected chi connectivity index (χ4v) is 1.90. The third-order valence-electron chi connectivity index (χ3n) is 2.29. The zero-order chi connectivity index (χ0) is 14.5. The molecule has 1 rings (SSSR count). The minimum absolute atomic E-state index is 0.0898. The van der Waals surface area contributed by atoms with Crippen LogP contribution < -0.4 is 11.1 Å². The van der Waals surface area contributed by atoms with E-state index in [9.17, 15) is 13.2 Å². The van der Waals surface area contributed by atoms with Crippen LogP contribution >= 0.6 is 15.9 Å². The van der Waals surface area contributed by atoms with Crippen LogP contribution in [0.1, 0.15) is 18.4 Å². The molecule has 8 heteroatoms. The Kier molecular flexibility index (Phi) is 5.46. The molecule has 19 heavy (non-hydrogen) atoms. The molecule has 4 nitrogen and oxygen atoms in total. The highest BCUT2D eigenvalue weighted by Crippen LogP contribution is 2.33. The second-order valence-electron chi connectivity index (χ2n) is 3.85. The number of nitrogens with zero attached hydrogens (tertiary/aromatic N) is 1. The van der Waals surface area contributed by atoms with Crippen molar-refractivity contribution >= 4 is 27.5 Å². The number of hydrogen-bond acceptors (Lipinski definition) is 3. The highest BCUT2D eigenvalue weighted by atomic mass is 79.9. The lowest BCUT2D eigenvalue weighted by Gasteiger charge is -2.11. The maximum Gasteiger partial charge on any atom is 0.416 e. The van der Waals surface area contributed by atoms with E-state index in [2.05, 4.69) is 26.4 Å². The molecule has 0 unspecified atom stereocenters. The van der Waals surface area contributed by atoms with Crippen molar-refractivity contribution in [2.24, 2.45) is 10.9 Å². The smallest absolute Gasteiger partial charge is 0.409 e. The number of nitrogens with one attached hydrogen (secondary N) is 1. The van der Waals surface area contributed by atoms with Crippen LogP contribution in [0.3, 0.4) is 0 Å². The number of nitrogens with two attached hydrogens (primary N) is 1. The first kappa shape index (κ1) is 15.6. The number of halogens is 4. The van der Waals surface area contributed by atoms with E-state index in [1.165, 1.54) is 0 Å². The van der Waals surface area contributed by atoms with Crippen LogP contribution in [-0.4, -0.2) is 17.6 Å². The molecule has 0 amide bonds. The summed E-state index contributed by atoms with van der Waals surface area (Å²) in [6.07, 6.45) is -3.47. The first-order valence-electron chi connectivity index (χ1n) is 5.41. The van der Waals surface area contributed by atoms with Gasteiger partial charge in [-0.15, -0.1) is 0 Å². The van der Waals surface area contributed by atoms with E-state index in [0.29, 0.717) is 29.5 Å². The lowest BCUT2D eigenvalue weighted by Crippen LogP contribution is -2.13. The summed E-state index contributed by atoms with van der Waals surface area (Å²) in [5, 5.41) is 14.0. The molecule has 0 atom stereocenters. The minimum atomic E-state index is -4.38. The fourth-order valence-electron chi connectivity index (χ4n) is 1.41. The van der Waals surface area contributed by atoms with Crippen LogP contribution in [0.2, 0.25) is 0 Å². The molecule has 0 aliphatic rings. The summed E-state index contributed by atoms with van der Waals surface area (Å²) in [5.74, 6) is 0.0898. The Bertz CT molecular complexity index is 463. The zero-order valence-electron chi connectivity index (χ0n) is 9.84. The van der Waals surface area contributed by atoms with Crippen LogP contribution in [0.4, 0.5) is 18.9 Å². The van der Waals surface area contributed by atoms with Crippen molar-refractivity contribution in [2.45, 2.75) is 19.0 Å². The Hall–Kier alpha value is -1.44. The highest BCUT2D eigenvalue weighted by Gasteiger charge is 2.31. The number of anilines is 1. The number of oxime groups is 1. The van der Waals surface area contributed by atoms with Crippen molar-refractivity contribution in [3.8, 4) is 0 Å². The maximum absolute atomic E-state index is 12.6. The largest absolute Gasteiger partial charge is 0.416 e. The Morgan fingerprint density at radius 3 is 2.63 bits per heavy atom. The van der Waals surface area contributed by atoms with Gasteiger partial charge in [-0.25, -0.2) is 0 Å². The predicted octanol–water partition coefficient (Wildman–Crippen LogP) is 3.41. The Labute approximate surface area is 116 Å². The van der Waals surface area contributed by atoms with Crippen LogP contribution in [0.5, 0.6) is 0 Å². The molecule has 0 bridgehead atoms. The summed E-state index contributed by atoms with van der Waals surface area (Å²) in [6.45, 7) is 0.421. The van der Waals surface area contributed by atoms with Gasteiger partial charge < -0.3 is 16.3 Å². The molecule has 0 fully saturated rings. The summed E-state index contributed by atoms with van der Waals surface area (Å²) in [5.41, 5.74) is 4.91. The molecule has 106 valence electrons. The van der Waals surface area contributed by atoms with Gasteiger partial charge in [-0.3, -0.25) is 0 Å². The van der Waals surface area contributed by atoms with E-state index in [0.717, 1.165) is 12.1 Å². The minimum Gasteiger partial charge on any atom is -0.409 e. The third-order valence-corrected chi connectivity index (χ3v) is 2.75. The van der Waals surface area contributed by atoms with Crippen molar-refractivity contribution in [3.05, 3.63) is 28.2 Å². The summed E-state index contributed by atoms with van der Waals surface area (Å²) in [7, 11) is 0. The Morgan fingerprint density at radius 1 is 1.37 bits per heavy atom. The molecule has 0 aliphatic carbocycles. The quantitative estimate of drug-likeness (QED) is 0.253. The van der Waals surface area contributed by atoms with E-state index in [1.54, 1.807) is 6.07 Å². The van der Waals surface area contributed by atoms with E-state index < -0.39 is 11.7 Å². The monoisotopic (exact) mass is 339 g/mol. The molecule has 0 saturated carbocycles. The van der Waals surface area contributed by atoms with Gasteiger partial charge in [0.1, 0.15) is 5.84 Å². The van der Waals surface area contributed by atoms with E-state index in [-0.39, 0.29) is 5.84 Å². The van der Waals surface area contributed by atoms with Crippen molar-refractivity contribution in [1.82, 2.24) is 0 Å². The van der Waals surface area contributed by atoms with Gasteiger partial charge in [0.25, 0.3) is 0 Å². The number of alkyl halides is 3. The molecular formula is C11H13BrF3N3O. The number of amidine groups is 1. The maximum atomic E-state index is 12.6. The molecule has 0 saturated heterocycles. The summed E-state index contributed by atoms with van der Waals surface area (Å²) in [4.78, 5) is 0. The van der Waals surface area contributed by atoms with Crippen molar-refractivity contribution in [3.63, 3.8) is 0 Å². The summed E-state index contributed by atoms with van der Waals surface area (Å²) < 4.78 is 38.1. The molecule has 4 N–H and O–H groups in total. The lowest BCUT2D eigenvalue weighted by atomic mass is 10.2. The van der Waals surface area contributed by atoms with Gasteiger partial charge in [0.2, 0.25) is 0 Å². The van der Waals surface area contributed by atoms with Gasteiger partial charge in [0.05, 0.1) is 5.56 Å². The third kappa shape index (κ3) is 5.37. The molecule has 1 aromatic rings. The number of benzene rings is 1. The molecule has 1 aromatic carbocycles. The second-order valence-corrected chi connectivity index (χ2v) is 4.76. The SMILES string of the molecule is NC(CCCNc1cc(Br)cc(C(F)(F)F)c1)=NO. The van der Waals surface area contributed by atoms with Crippen molar-refractivity contribution in [1.29, 1.82) is 0 Å². The topological polar surface area (TPSA) is 70.6 Å². The first-order valence-corrected chi connectivity index (χ1v) is 6.20. The fraction of sp³-hybridized carbons (Fsp3) is 0.364. The van der Waals surface area contributed by atoms with Crippen LogP contribution in [0, 0.1) is 0 Å². The Balaban J connectivity index is 2.62. The van der Waals surface area contributed by atoms with E-state index in [1.807, 2.05) is 0 Å². The van der Waals surface area contributed by atoms with Crippen molar-refractivity contribution in [2.75, 3.05) is 11.9 Å². The van der Waals surface area contributed by atoms with Crippen LogP contribution in [0.25, 0.3) is 0 Å². The van der Waals surface area contributed by atoms with Crippen LogP contribution in [0.15, 0.2) is 27.8 Å². The van der Waals surface area contributed by atoms with Gasteiger partial charge in [-0.2, -0.15) is 13.2 Å².